The van der Waals surface area contributed by atoms with Crippen LogP contribution < -0.4 is 5.32 Å². The maximum Gasteiger partial charge on any atom is 0.410 e. The molecule has 186 valence electrons. The van der Waals surface area contributed by atoms with Gasteiger partial charge in [-0.1, -0.05) is 6.07 Å². The molecule has 1 aromatic heterocycles. The van der Waals surface area contributed by atoms with Crippen LogP contribution in [-0.4, -0.2) is 77.8 Å². The Morgan fingerprint density at radius 3 is 2.71 bits per heavy atom. The number of amides is 2. The molecule has 8 heteroatoms. The molecule has 1 saturated carbocycles. The van der Waals surface area contributed by atoms with Crippen LogP contribution in [-0.2, 0) is 20.8 Å². The Kier molecular flexibility index (Phi) is 7.34. The summed E-state index contributed by atoms with van der Waals surface area (Å²) >= 11 is 0. The molecule has 0 radical (unpaired) electrons. The van der Waals surface area contributed by atoms with E-state index in [9.17, 15) is 9.59 Å². The number of pyridine rings is 1. The second-order valence-electron chi connectivity index (χ2n) is 10.7. The molecule has 4 fully saturated rings. The second-order valence-corrected chi connectivity index (χ2v) is 10.7. The highest BCUT2D eigenvalue weighted by Gasteiger charge is 2.47. The molecule has 1 unspecified atom stereocenters. The summed E-state index contributed by atoms with van der Waals surface area (Å²) in [7, 11) is 0. The van der Waals surface area contributed by atoms with E-state index in [4.69, 9.17) is 9.47 Å². The van der Waals surface area contributed by atoms with Gasteiger partial charge in [-0.25, -0.2) is 4.79 Å². The summed E-state index contributed by atoms with van der Waals surface area (Å²) in [4.78, 5) is 33.8. The fourth-order valence-corrected chi connectivity index (χ4v) is 6.05. The van der Waals surface area contributed by atoms with E-state index in [0.717, 1.165) is 84.2 Å². The van der Waals surface area contributed by atoms with Crippen molar-refractivity contribution in [2.45, 2.75) is 69.6 Å². The maximum atomic E-state index is 12.7. The third-order valence-electron chi connectivity index (χ3n) is 8.16. The standard InChI is InChI=1S/C26H38N4O4/c31-24(28-16-23-4-2-14-33-23)22-7-5-20(6-8-22)18-30-19-26(34-25(30)32)9-12-29(13-10-26)17-21-3-1-11-27-15-21/h1,3,11,15,20,22-23H,2,4-10,12-14,16-19H2,(H,28,31). The zero-order chi connectivity index (χ0) is 23.4. The van der Waals surface area contributed by atoms with Crippen molar-refractivity contribution in [3.63, 3.8) is 0 Å². The van der Waals surface area contributed by atoms with Crippen molar-refractivity contribution in [2.75, 3.05) is 39.3 Å². The highest BCUT2D eigenvalue weighted by atomic mass is 16.6. The topological polar surface area (TPSA) is 84.0 Å². The third kappa shape index (κ3) is 5.71. The first kappa shape index (κ1) is 23.5. The summed E-state index contributed by atoms with van der Waals surface area (Å²) in [6.45, 7) is 5.67. The Balaban J connectivity index is 1.03. The molecule has 1 spiro atoms. The number of likely N-dealkylation sites (tertiary alicyclic amines) is 1. The van der Waals surface area contributed by atoms with Gasteiger partial charge in [0.25, 0.3) is 0 Å². The van der Waals surface area contributed by atoms with Gasteiger partial charge in [-0.2, -0.15) is 0 Å². The highest BCUT2D eigenvalue weighted by Crippen LogP contribution is 2.36. The van der Waals surface area contributed by atoms with Crippen LogP contribution in [0.3, 0.4) is 0 Å². The molecular weight excluding hydrogens is 432 g/mol. The monoisotopic (exact) mass is 470 g/mol. The van der Waals surface area contributed by atoms with Crippen molar-refractivity contribution in [2.24, 2.45) is 11.8 Å². The lowest BCUT2D eigenvalue weighted by Crippen LogP contribution is -2.47. The number of rotatable bonds is 7. The van der Waals surface area contributed by atoms with E-state index in [1.54, 1.807) is 6.20 Å². The zero-order valence-electron chi connectivity index (χ0n) is 20.1. The van der Waals surface area contributed by atoms with Crippen LogP contribution in [0.5, 0.6) is 0 Å². The van der Waals surface area contributed by atoms with E-state index in [0.29, 0.717) is 19.0 Å². The summed E-state index contributed by atoms with van der Waals surface area (Å²) in [6.07, 6.45) is 11.5. The van der Waals surface area contributed by atoms with Crippen molar-refractivity contribution in [1.29, 1.82) is 0 Å². The normalized spacial score (nSPS) is 29.4. The average Bonchev–Trinajstić information content (AvgIpc) is 3.48. The largest absolute Gasteiger partial charge is 0.441 e. The molecule has 8 nitrogen and oxygen atoms in total. The van der Waals surface area contributed by atoms with Crippen molar-refractivity contribution < 1.29 is 19.1 Å². The Bertz CT molecular complexity index is 828. The van der Waals surface area contributed by atoms with Crippen molar-refractivity contribution >= 4 is 12.0 Å². The number of piperidine rings is 1. The fourth-order valence-electron chi connectivity index (χ4n) is 6.05. The molecule has 4 heterocycles. The number of ether oxygens (including phenoxy) is 2. The van der Waals surface area contributed by atoms with Gasteiger partial charge >= 0.3 is 6.09 Å². The minimum absolute atomic E-state index is 0.0960. The van der Waals surface area contributed by atoms with Crippen LogP contribution in [0, 0.1) is 11.8 Å². The number of hydrogen-bond donors (Lipinski definition) is 1. The average molecular weight is 471 g/mol. The molecule has 1 N–H and O–H groups in total. The van der Waals surface area contributed by atoms with Crippen LogP contribution >= 0.6 is 0 Å². The van der Waals surface area contributed by atoms with E-state index < -0.39 is 0 Å². The minimum atomic E-state index is -0.331. The Morgan fingerprint density at radius 2 is 2.00 bits per heavy atom. The Hall–Kier alpha value is -2.19. The fraction of sp³-hybridized carbons (Fsp3) is 0.731. The van der Waals surface area contributed by atoms with E-state index in [2.05, 4.69) is 21.3 Å². The van der Waals surface area contributed by atoms with Gasteiger partial charge in [-0.3, -0.25) is 14.7 Å². The smallest absolute Gasteiger partial charge is 0.410 e. The first-order chi connectivity index (χ1) is 16.6. The molecule has 5 rings (SSSR count). The summed E-state index contributed by atoms with van der Waals surface area (Å²) in [5.41, 5.74) is 0.890. The first-order valence-corrected chi connectivity index (χ1v) is 13.1. The number of nitrogens with zero attached hydrogens (tertiary/aromatic N) is 3. The first-order valence-electron chi connectivity index (χ1n) is 13.1. The molecule has 3 saturated heterocycles. The van der Waals surface area contributed by atoms with Gasteiger partial charge in [0, 0.05) is 70.5 Å². The number of carbonyl (C=O) groups is 2. The van der Waals surface area contributed by atoms with Gasteiger partial charge in [-0.05, 0) is 56.1 Å². The Labute approximate surface area is 202 Å². The molecule has 1 aliphatic carbocycles. The summed E-state index contributed by atoms with van der Waals surface area (Å²) in [6, 6.07) is 4.08. The lowest BCUT2D eigenvalue weighted by atomic mass is 9.81. The second kappa shape index (κ2) is 10.6. The van der Waals surface area contributed by atoms with Crippen LogP contribution in [0.2, 0.25) is 0 Å². The minimum Gasteiger partial charge on any atom is -0.441 e. The zero-order valence-corrected chi connectivity index (χ0v) is 20.1. The quantitative estimate of drug-likeness (QED) is 0.660. The number of aromatic nitrogens is 1. The third-order valence-corrected chi connectivity index (χ3v) is 8.16. The highest BCUT2D eigenvalue weighted by molar-refractivity contribution is 5.78. The predicted molar refractivity (Wildman–Crippen MR) is 127 cm³/mol. The molecule has 0 aromatic carbocycles. The van der Waals surface area contributed by atoms with Gasteiger partial charge in [-0.15, -0.1) is 0 Å². The molecule has 4 aliphatic rings. The van der Waals surface area contributed by atoms with Gasteiger partial charge in [0.2, 0.25) is 5.91 Å². The van der Waals surface area contributed by atoms with E-state index in [1.165, 1.54) is 5.56 Å². The molecule has 1 aromatic rings. The summed E-state index contributed by atoms with van der Waals surface area (Å²) < 4.78 is 11.6. The summed E-state index contributed by atoms with van der Waals surface area (Å²) in [5, 5.41) is 3.09. The van der Waals surface area contributed by atoms with E-state index >= 15 is 0 Å². The molecule has 34 heavy (non-hydrogen) atoms. The number of nitrogens with one attached hydrogen (secondary N) is 1. The molecule has 2 amide bonds. The van der Waals surface area contributed by atoms with Gasteiger partial charge in [0.05, 0.1) is 12.6 Å². The van der Waals surface area contributed by atoms with Crippen LogP contribution in [0.15, 0.2) is 24.5 Å². The van der Waals surface area contributed by atoms with Crippen LogP contribution in [0.1, 0.15) is 56.9 Å². The number of carbonyl (C=O) groups excluding carboxylic acids is 2. The van der Waals surface area contributed by atoms with Crippen LogP contribution in [0.4, 0.5) is 4.79 Å². The molecule has 1 atom stereocenters. The SMILES string of the molecule is O=C(NCC1CCCO1)C1CCC(CN2CC3(CCN(Cc4cccnc4)CC3)OC2=O)CC1. The van der Waals surface area contributed by atoms with E-state index in [1.807, 2.05) is 17.2 Å². The van der Waals surface area contributed by atoms with Crippen molar-refractivity contribution in [3.8, 4) is 0 Å². The van der Waals surface area contributed by atoms with Crippen molar-refractivity contribution in [1.82, 2.24) is 20.1 Å². The van der Waals surface area contributed by atoms with Gasteiger partial charge in [0.1, 0.15) is 5.60 Å². The van der Waals surface area contributed by atoms with Gasteiger partial charge < -0.3 is 19.7 Å². The van der Waals surface area contributed by atoms with Gasteiger partial charge in [0.15, 0.2) is 0 Å². The number of hydrogen-bond acceptors (Lipinski definition) is 6. The molecular formula is C26H38N4O4. The lowest BCUT2D eigenvalue weighted by molar-refractivity contribution is -0.126. The summed E-state index contributed by atoms with van der Waals surface area (Å²) in [5.74, 6) is 0.723. The van der Waals surface area contributed by atoms with Crippen molar-refractivity contribution in [3.05, 3.63) is 30.1 Å². The lowest BCUT2D eigenvalue weighted by Gasteiger charge is -2.37. The van der Waals surface area contributed by atoms with E-state index in [-0.39, 0.29) is 29.6 Å². The molecule has 3 aliphatic heterocycles. The van der Waals surface area contributed by atoms with Crippen LogP contribution in [0.25, 0.3) is 0 Å². The maximum absolute atomic E-state index is 12.7. The predicted octanol–water partition coefficient (Wildman–Crippen LogP) is 2.97. The molecule has 0 bridgehead atoms. The Morgan fingerprint density at radius 1 is 1.18 bits per heavy atom.